The Kier molecular flexibility index (Phi) is 8.18. The van der Waals surface area contributed by atoms with Crippen LogP contribution in [-0.2, 0) is 11.2 Å². The van der Waals surface area contributed by atoms with Gasteiger partial charge in [-0.3, -0.25) is 4.79 Å². The van der Waals surface area contributed by atoms with E-state index in [9.17, 15) is 9.59 Å². The van der Waals surface area contributed by atoms with Crippen molar-refractivity contribution < 1.29 is 33.3 Å². The molecule has 3 aromatic carbocycles. The number of nitrogens with zero attached hydrogens (tertiary/aromatic N) is 1. The fourth-order valence-electron chi connectivity index (χ4n) is 4.51. The van der Waals surface area contributed by atoms with Crippen LogP contribution in [0.25, 0.3) is 0 Å². The number of para-hydroxylation sites is 1. The first-order valence-electron chi connectivity index (χ1n) is 12.1. The van der Waals surface area contributed by atoms with Gasteiger partial charge in [-0.25, -0.2) is 4.79 Å². The summed E-state index contributed by atoms with van der Waals surface area (Å²) < 4.78 is 27.7. The third-order valence-corrected chi connectivity index (χ3v) is 6.36. The molecule has 0 N–H and O–H groups in total. The molecule has 8 nitrogen and oxygen atoms in total. The molecular weight excluding hydrogens is 474 g/mol. The summed E-state index contributed by atoms with van der Waals surface area (Å²) in [6.07, 6.45) is 0.655. The summed E-state index contributed by atoms with van der Waals surface area (Å²) in [4.78, 5) is 27.4. The lowest BCUT2D eigenvalue weighted by Gasteiger charge is -2.38. The molecule has 1 heterocycles. The second-order valence-corrected chi connectivity index (χ2v) is 8.43. The topological polar surface area (TPSA) is 83.5 Å². The zero-order valence-electron chi connectivity index (χ0n) is 21.5. The second kappa shape index (κ2) is 11.7. The van der Waals surface area contributed by atoms with Gasteiger partial charge >= 0.3 is 5.97 Å². The zero-order chi connectivity index (χ0) is 26.4. The molecule has 1 aliphatic heterocycles. The molecule has 1 aliphatic rings. The fraction of sp³-hybridized carbons (Fsp3) is 0.310. The van der Waals surface area contributed by atoms with Gasteiger partial charge in [-0.15, -0.1) is 0 Å². The molecule has 37 heavy (non-hydrogen) atoms. The number of hydrogen-bond donors (Lipinski definition) is 0. The van der Waals surface area contributed by atoms with Gasteiger partial charge in [0.15, 0.2) is 11.5 Å². The molecule has 4 rings (SSSR count). The van der Waals surface area contributed by atoms with Gasteiger partial charge < -0.3 is 28.6 Å². The Morgan fingerprint density at radius 2 is 1.59 bits per heavy atom. The molecule has 0 aliphatic carbocycles. The molecule has 1 amide bonds. The van der Waals surface area contributed by atoms with Crippen LogP contribution in [-0.4, -0.2) is 57.9 Å². The van der Waals surface area contributed by atoms with E-state index in [4.69, 9.17) is 23.7 Å². The van der Waals surface area contributed by atoms with E-state index >= 15 is 0 Å². The Hall–Kier alpha value is -4.20. The number of rotatable bonds is 9. The summed E-state index contributed by atoms with van der Waals surface area (Å²) in [6, 6.07) is 17.4. The van der Waals surface area contributed by atoms with E-state index < -0.39 is 12.0 Å². The first kappa shape index (κ1) is 25.9. The van der Waals surface area contributed by atoms with Crippen LogP contribution in [0, 0.1) is 0 Å². The molecule has 0 saturated carbocycles. The smallest absolute Gasteiger partial charge is 0.337 e. The van der Waals surface area contributed by atoms with Gasteiger partial charge in [-0.1, -0.05) is 12.1 Å². The Morgan fingerprint density at radius 3 is 2.27 bits per heavy atom. The first-order valence-corrected chi connectivity index (χ1v) is 12.1. The highest BCUT2D eigenvalue weighted by atomic mass is 16.5. The van der Waals surface area contributed by atoms with E-state index in [2.05, 4.69) is 0 Å². The van der Waals surface area contributed by atoms with Gasteiger partial charge in [0, 0.05) is 6.54 Å². The van der Waals surface area contributed by atoms with Gasteiger partial charge in [-0.2, -0.15) is 0 Å². The number of fused-ring (bicyclic) bond motifs is 1. The molecule has 0 spiro atoms. The van der Waals surface area contributed by atoms with Crippen molar-refractivity contribution >= 4 is 11.9 Å². The minimum atomic E-state index is -0.418. The van der Waals surface area contributed by atoms with Gasteiger partial charge in [-0.05, 0) is 73.0 Å². The molecule has 194 valence electrons. The summed E-state index contributed by atoms with van der Waals surface area (Å²) >= 11 is 0. The molecule has 0 bridgehead atoms. The van der Waals surface area contributed by atoms with Crippen LogP contribution < -0.4 is 18.9 Å². The van der Waals surface area contributed by atoms with Gasteiger partial charge in [0.05, 0.1) is 45.1 Å². The van der Waals surface area contributed by atoms with Gasteiger partial charge in [0.25, 0.3) is 5.91 Å². The molecule has 0 aromatic heterocycles. The average Bonchev–Trinajstić information content (AvgIpc) is 2.95. The number of hydrogen-bond acceptors (Lipinski definition) is 7. The molecule has 0 saturated heterocycles. The molecular formula is C29H31NO7. The van der Waals surface area contributed by atoms with Crippen LogP contribution >= 0.6 is 0 Å². The van der Waals surface area contributed by atoms with Crippen molar-refractivity contribution in [1.82, 2.24) is 4.90 Å². The lowest BCUT2D eigenvalue weighted by atomic mass is 9.91. The number of benzene rings is 3. The predicted molar refractivity (Wildman–Crippen MR) is 138 cm³/mol. The summed E-state index contributed by atoms with van der Waals surface area (Å²) in [6.45, 7) is 3.04. The van der Waals surface area contributed by atoms with Crippen molar-refractivity contribution in [3.8, 4) is 23.0 Å². The summed E-state index contributed by atoms with van der Waals surface area (Å²) in [7, 11) is 4.53. The van der Waals surface area contributed by atoms with Crippen LogP contribution in [0.15, 0.2) is 60.7 Å². The van der Waals surface area contributed by atoms with Crippen LogP contribution in [0.3, 0.4) is 0 Å². The molecule has 3 aromatic rings. The number of ether oxygens (including phenoxy) is 5. The van der Waals surface area contributed by atoms with E-state index in [0.717, 1.165) is 11.1 Å². The number of methoxy groups -OCH3 is 3. The second-order valence-electron chi connectivity index (χ2n) is 8.43. The van der Waals surface area contributed by atoms with E-state index in [1.165, 1.54) is 7.11 Å². The van der Waals surface area contributed by atoms with Crippen molar-refractivity contribution in [1.29, 1.82) is 0 Å². The maximum absolute atomic E-state index is 13.8. The molecule has 0 fully saturated rings. The lowest BCUT2D eigenvalue weighted by Crippen LogP contribution is -2.42. The molecule has 8 heteroatoms. The Balaban J connectivity index is 1.68. The highest BCUT2D eigenvalue weighted by molar-refractivity contribution is 5.97. The van der Waals surface area contributed by atoms with Crippen molar-refractivity contribution in [2.75, 3.05) is 41.1 Å². The normalized spacial score (nSPS) is 14.4. The van der Waals surface area contributed by atoms with E-state index in [0.29, 0.717) is 53.7 Å². The SMILES string of the molecule is CCOc1ccccc1C(=O)N1CCc2cc(OC)c(OC)cc2[C@H]1COc1ccc(C(=O)OC)cc1. The zero-order valence-corrected chi connectivity index (χ0v) is 21.5. The van der Waals surface area contributed by atoms with E-state index in [1.54, 1.807) is 50.6 Å². The average molecular weight is 506 g/mol. The predicted octanol–water partition coefficient (Wildman–Crippen LogP) is 4.71. The molecule has 1 atom stereocenters. The number of carbonyl (C=O) groups is 2. The summed E-state index contributed by atoms with van der Waals surface area (Å²) in [5, 5.41) is 0. The largest absolute Gasteiger partial charge is 0.493 e. The minimum absolute atomic E-state index is 0.140. The fourth-order valence-corrected chi connectivity index (χ4v) is 4.51. The third-order valence-electron chi connectivity index (χ3n) is 6.36. The van der Waals surface area contributed by atoms with Crippen molar-refractivity contribution in [2.45, 2.75) is 19.4 Å². The van der Waals surface area contributed by atoms with Crippen molar-refractivity contribution in [3.63, 3.8) is 0 Å². The van der Waals surface area contributed by atoms with E-state index in [1.807, 2.05) is 36.1 Å². The van der Waals surface area contributed by atoms with E-state index in [-0.39, 0.29) is 12.5 Å². The summed E-state index contributed by atoms with van der Waals surface area (Å²) in [5.74, 6) is 1.78. The van der Waals surface area contributed by atoms with Crippen molar-refractivity contribution in [2.24, 2.45) is 0 Å². The highest BCUT2D eigenvalue weighted by Gasteiger charge is 2.34. The minimum Gasteiger partial charge on any atom is -0.493 e. The maximum atomic E-state index is 13.8. The summed E-state index contributed by atoms with van der Waals surface area (Å²) in [5.41, 5.74) is 2.92. The Morgan fingerprint density at radius 1 is 0.892 bits per heavy atom. The monoisotopic (exact) mass is 505 g/mol. The molecule has 0 unspecified atom stereocenters. The first-order chi connectivity index (χ1) is 18.0. The van der Waals surface area contributed by atoms with Crippen molar-refractivity contribution in [3.05, 3.63) is 82.9 Å². The number of amides is 1. The quantitative estimate of drug-likeness (QED) is 0.390. The Labute approximate surface area is 216 Å². The third kappa shape index (κ3) is 5.48. The standard InChI is InChI=1S/C29H31NO7/c1-5-36-25-9-7-6-8-22(25)28(31)30-15-14-20-16-26(33-2)27(34-3)17-23(20)24(30)18-37-21-12-10-19(11-13-21)29(32)35-4/h6-13,16-17,24H,5,14-15,18H2,1-4H3/t24-/m1/s1. The maximum Gasteiger partial charge on any atom is 0.337 e. The molecule has 0 radical (unpaired) electrons. The van der Waals surface area contributed by atoms with Crippen LogP contribution in [0.1, 0.15) is 44.8 Å². The Bertz CT molecular complexity index is 1260. The van der Waals surface area contributed by atoms with Crippen LogP contribution in [0.4, 0.5) is 0 Å². The lowest BCUT2D eigenvalue weighted by molar-refractivity contribution is 0.0579. The number of carbonyl (C=O) groups excluding carboxylic acids is 2. The number of esters is 1. The van der Waals surface area contributed by atoms with Gasteiger partial charge in [0.1, 0.15) is 18.1 Å². The van der Waals surface area contributed by atoms with Gasteiger partial charge in [0.2, 0.25) is 0 Å². The van der Waals surface area contributed by atoms with Crippen LogP contribution in [0.2, 0.25) is 0 Å². The van der Waals surface area contributed by atoms with Crippen LogP contribution in [0.5, 0.6) is 23.0 Å². The highest BCUT2D eigenvalue weighted by Crippen LogP contribution is 2.39.